The van der Waals surface area contributed by atoms with Crippen LogP contribution in [0.15, 0.2) is 0 Å². The summed E-state index contributed by atoms with van der Waals surface area (Å²) < 4.78 is 0. The number of hydrogen-bond donors (Lipinski definition) is 1. The van der Waals surface area contributed by atoms with Gasteiger partial charge < -0.3 is 10.2 Å². The summed E-state index contributed by atoms with van der Waals surface area (Å²) in [6.07, 6.45) is 1.87. The van der Waals surface area contributed by atoms with Crippen LogP contribution < -0.4 is 5.32 Å². The highest BCUT2D eigenvalue weighted by Gasteiger charge is 2.28. The molecule has 1 amide bonds. The zero-order valence-corrected chi connectivity index (χ0v) is 8.88. The van der Waals surface area contributed by atoms with Crippen molar-refractivity contribution in [1.82, 2.24) is 10.2 Å². The predicted octanol–water partition coefficient (Wildman–Crippen LogP) is 0.176. The summed E-state index contributed by atoms with van der Waals surface area (Å²) in [6, 6.07) is -0.0758. The van der Waals surface area contributed by atoms with Gasteiger partial charge in [0.05, 0.1) is 12.6 Å². The second kappa shape index (κ2) is 5.10. The molecular formula is C10H18N2O2. The standard InChI is InChI=1S/C10H18N2O2/c1-3-11-9-5-4-6-12(10(9)14)7-8(2)13/h9,11H,3-7H2,1-2H3/t9-/m0/s1. The molecule has 0 saturated carbocycles. The monoisotopic (exact) mass is 198 g/mol. The lowest BCUT2D eigenvalue weighted by atomic mass is 10.0. The first-order chi connectivity index (χ1) is 6.65. The number of rotatable bonds is 4. The Balaban J connectivity index is 2.52. The molecule has 0 spiro atoms. The van der Waals surface area contributed by atoms with E-state index in [9.17, 15) is 9.59 Å². The van der Waals surface area contributed by atoms with E-state index in [4.69, 9.17) is 0 Å². The van der Waals surface area contributed by atoms with E-state index >= 15 is 0 Å². The molecule has 0 radical (unpaired) electrons. The van der Waals surface area contributed by atoms with Gasteiger partial charge in [0.2, 0.25) is 5.91 Å². The summed E-state index contributed by atoms with van der Waals surface area (Å²) in [4.78, 5) is 24.3. The van der Waals surface area contributed by atoms with Crippen LogP contribution in [0.3, 0.4) is 0 Å². The molecule has 1 N–H and O–H groups in total. The number of piperidine rings is 1. The van der Waals surface area contributed by atoms with E-state index in [1.165, 1.54) is 6.92 Å². The van der Waals surface area contributed by atoms with Crippen molar-refractivity contribution in [2.75, 3.05) is 19.6 Å². The fraction of sp³-hybridized carbons (Fsp3) is 0.800. The SMILES string of the molecule is CCN[C@H]1CCCN(CC(C)=O)C1=O. The van der Waals surface area contributed by atoms with Gasteiger partial charge in [0, 0.05) is 6.54 Å². The molecule has 4 heteroatoms. The highest BCUT2D eigenvalue weighted by molar-refractivity contribution is 5.87. The number of hydrogen-bond acceptors (Lipinski definition) is 3. The third-order valence-electron chi connectivity index (χ3n) is 2.39. The normalized spacial score (nSPS) is 22.6. The Morgan fingerprint density at radius 3 is 2.93 bits per heavy atom. The van der Waals surface area contributed by atoms with Gasteiger partial charge in [-0.1, -0.05) is 6.92 Å². The zero-order valence-electron chi connectivity index (χ0n) is 8.88. The third kappa shape index (κ3) is 2.80. The van der Waals surface area contributed by atoms with Gasteiger partial charge in [-0.2, -0.15) is 0 Å². The van der Waals surface area contributed by atoms with Crippen LogP contribution in [0.1, 0.15) is 26.7 Å². The summed E-state index contributed by atoms with van der Waals surface area (Å²) in [5.74, 6) is 0.129. The van der Waals surface area contributed by atoms with E-state index in [2.05, 4.69) is 5.32 Å². The minimum Gasteiger partial charge on any atom is -0.334 e. The zero-order chi connectivity index (χ0) is 10.6. The summed E-state index contributed by atoms with van der Waals surface area (Å²) in [6.45, 7) is 5.28. The molecule has 0 bridgehead atoms. The number of carbonyl (C=O) groups is 2. The van der Waals surface area contributed by atoms with Crippen LogP contribution in [0.4, 0.5) is 0 Å². The minimum absolute atomic E-state index is 0.0514. The topological polar surface area (TPSA) is 49.4 Å². The molecule has 0 aromatic carbocycles. The van der Waals surface area contributed by atoms with Gasteiger partial charge in [-0.25, -0.2) is 0 Å². The molecule has 1 heterocycles. The number of nitrogens with zero attached hydrogens (tertiary/aromatic N) is 1. The molecule has 0 aromatic heterocycles. The lowest BCUT2D eigenvalue weighted by Gasteiger charge is -2.31. The lowest BCUT2D eigenvalue weighted by Crippen LogP contribution is -2.51. The molecule has 14 heavy (non-hydrogen) atoms. The number of likely N-dealkylation sites (tertiary alicyclic amines) is 1. The molecule has 0 unspecified atom stereocenters. The van der Waals surface area contributed by atoms with Crippen molar-refractivity contribution in [2.45, 2.75) is 32.7 Å². The van der Waals surface area contributed by atoms with Crippen LogP contribution in [0.25, 0.3) is 0 Å². The molecule has 80 valence electrons. The van der Waals surface area contributed by atoms with E-state index in [1.54, 1.807) is 4.90 Å². The van der Waals surface area contributed by atoms with Crippen LogP contribution in [-0.4, -0.2) is 42.3 Å². The van der Waals surface area contributed by atoms with E-state index in [-0.39, 0.29) is 24.3 Å². The van der Waals surface area contributed by atoms with E-state index < -0.39 is 0 Å². The molecule has 1 saturated heterocycles. The van der Waals surface area contributed by atoms with Gasteiger partial charge >= 0.3 is 0 Å². The molecular weight excluding hydrogens is 180 g/mol. The minimum atomic E-state index is -0.0758. The molecule has 4 nitrogen and oxygen atoms in total. The van der Waals surface area contributed by atoms with E-state index in [0.29, 0.717) is 0 Å². The van der Waals surface area contributed by atoms with Crippen molar-refractivity contribution >= 4 is 11.7 Å². The number of Topliss-reactive ketones (excluding diaryl/α,β-unsaturated/α-hetero) is 1. The van der Waals surface area contributed by atoms with Crippen molar-refractivity contribution < 1.29 is 9.59 Å². The number of carbonyl (C=O) groups excluding carboxylic acids is 2. The van der Waals surface area contributed by atoms with Crippen molar-refractivity contribution in [3.05, 3.63) is 0 Å². The first kappa shape index (κ1) is 11.2. The lowest BCUT2D eigenvalue weighted by molar-refractivity contribution is -0.139. The summed E-state index contributed by atoms with van der Waals surface area (Å²) >= 11 is 0. The summed E-state index contributed by atoms with van der Waals surface area (Å²) in [7, 11) is 0. The van der Waals surface area contributed by atoms with Crippen molar-refractivity contribution in [3.63, 3.8) is 0 Å². The van der Waals surface area contributed by atoms with Gasteiger partial charge in [0.25, 0.3) is 0 Å². The predicted molar refractivity (Wildman–Crippen MR) is 54.0 cm³/mol. The Labute approximate surface area is 84.7 Å². The van der Waals surface area contributed by atoms with E-state index in [1.807, 2.05) is 6.92 Å². The van der Waals surface area contributed by atoms with Crippen LogP contribution in [-0.2, 0) is 9.59 Å². The molecule has 0 aliphatic carbocycles. The average Bonchev–Trinajstić information content (AvgIpc) is 2.11. The van der Waals surface area contributed by atoms with Gasteiger partial charge in [0.15, 0.2) is 0 Å². The smallest absolute Gasteiger partial charge is 0.240 e. The Morgan fingerprint density at radius 1 is 1.64 bits per heavy atom. The molecule has 1 aliphatic heterocycles. The average molecular weight is 198 g/mol. The Bertz CT molecular complexity index is 226. The number of ketones is 1. The van der Waals surface area contributed by atoms with Crippen molar-refractivity contribution in [2.24, 2.45) is 0 Å². The summed E-state index contributed by atoms with van der Waals surface area (Å²) in [5.41, 5.74) is 0. The first-order valence-corrected chi connectivity index (χ1v) is 5.16. The fourth-order valence-electron chi connectivity index (χ4n) is 1.80. The fourth-order valence-corrected chi connectivity index (χ4v) is 1.80. The molecule has 1 rings (SSSR count). The highest BCUT2D eigenvalue weighted by Crippen LogP contribution is 2.11. The largest absolute Gasteiger partial charge is 0.334 e. The maximum absolute atomic E-state index is 11.8. The molecule has 1 aliphatic rings. The maximum atomic E-state index is 11.8. The quantitative estimate of drug-likeness (QED) is 0.701. The highest BCUT2D eigenvalue weighted by atomic mass is 16.2. The van der Waals surface area contributed by atoms with E-state index in [0.717, 1.165) is 25.9 Å². The third-order valence-corrected chi connectivity index (χ3v) is 2.39. The van der Waals surface area contributed by atoms with Gasteiger partial charge in [-0.15, -0.1) is 0 Å². The molecule has 1 atom stereocenters. The van der Waals surface area contributed by atoms with Crippen LogP contribution >= 0.6 is 0 Å². The number of amides is 1. The van der Waals surface area contributed by atoms with Crippen LogP contribution in [0.5, 0.6) is 0 Å². The Kier molecular flexibility index (Phi) is 4.07. The Hall–Kier alpha value is -0.900. The maximum Gasteiger partial charge on any atom is 0.240 e. The van der Waals surface area contributed by atoms with Crippen molar-refractivity contribution in [3.8, 4) is 0 Å². The second-order valence-corrected chi connectivity index (χ2v) is 3.71. The number of likely N-dealkylation sites (N-methyl/N-ethyl adjacent to an activating group) is 1. The van der Waals surface area contributed by atoms with Gasteiger partial charge in [-0.05, 0) is 26.3 Å². The second-order valence-electron chi connectivity index (χ2n) is 3.71. The van der Waals surface area contributed by atoms with Gasteiger partial charge in [-0.3, -0.25) is 9.59 Å². The summed E-state index contributed by atoms with van der Waals surface area (Å²) in [5, 5.41) is 3.13. The van der Waals surface area contributed by atoms with Crippen LogP contribution in [0, 0.1) is 0 Å². The van der Waals surface area contributed by atoms with Crippen LogP contribution in [0.2, 0.25) is 0 Å². The molecule has 1 fully saturated rings. The number of nitrogens with one attached hydrogen (secondary N) is 1. The Morgan fingerprint density at radius 2 is 2.36 bits per heavy atom. The molecule has 0 aromatic rings. The van der Waals surface area contributed by atoms with Crippen molar-refractivity contribution in [1.29, 1.82) is 0 Å². The first-order valence-electron chi connectivity index (χ1n) is 5.16. The van der Waals surface area contributed by atoms with Gasteiger partial charge in [0.1, 0.15) is 5.78 Å².